The fourth-order valence-electron chi connectivity index (χ4n) is 0.969. The Labute approximate surface area is 96.6 Å². The molecule has 1 aromatic rings. The van der Waals surface area contributed by atoms with Crippen LogP contribution in [0.3, 0.4) is 0 Å². The SMILES string of the molecule is CCN(C)c1ncc(C(=O)OC)nc1Br. The molecule has 1 heterocycles. The molecule has 0 unspecified atom stereocenters. The molecule has 0 atom stereocenters. The summed E-state index contributed by atoms with van der Waals surface area (Å²) in [5, 5.41) is 0. The molecule has 0 bridgehead atoms. The lowest BCUT2D eigenvalue weighted by molar-refractivity contribution is 0.0593. The molecule has 5 nitrogen and oxygen atoms in total. The zero-order chi connectivity index (χ0) is 11.4. The maximum atomic E-state index is 11.2. The maximum Gasteiger partial charge on any atom is 0.358 e. The minimum absolute atomic E-state index is 0.192. The highest BCUT2D eigenvalue weighted by Crippen LogP contribution is 2.20. The molecule has 0 saturated heterocycles. The Morgan fingerprint density at radius 2 is 2.33 bits per heavy atom. The van der Waals surface area contributed by atoms with Crippen molar-refractivity contribution >= 4 is 27.7 Å². The second kappa shape index (κ2) is 5.06. The number of carbonyl (C=O) groups excluding carboxylic acids is 1. The number of halogens is 1. The van der Waals surface area contributed by atoms with Gasteiger partial charge in [-0.3, -0.25) is 0 Å². The molecule has 0 saturated carbocycles. The van der Waals surface area contributed by atoms with E-state index in [4.69, 9.17) is 0 Å². The molecule has 15 heavy (non-hydrogen) atoms. The van der Waals surface area contributed by atoms with Crippen molar-refractivity contribution < 1.29 is 9.53 Å². The van der Waals surface area contributed by atoms with Crippen LogP contribution in [0.4, 0.5) is 5.82 Å². The van der Waals surface area contributed by atoms with E-state index >= 15 is 0 Å². The standard InChI is InChI=1S/C9H12BrN3O2/c1-4-13(2)8-7(10)12-6(5-11-8)9(14)15-3/h5H,4H2,1-3H3. The molecule has 1 aromatic heterocycles. The lowest BCUT2D eigenvalue weighted by Crippen LogP contribution is -2.19. The van der Waals surface area contributed by atoms with Gasteiger partial charge in [0.25, 0.3) is 0 Å². The van der Waals surface area contributed by atoms with E-state index in [2.05, 4.69) is 30.6 Å². The largest absolute Gasteiger partial charge is 0.464 e. The smallest absolute Gasteiger partial charge is 0.358 e. The molecule has 1 rings (SSSR count). The van der Waals surface area contributed by atoms with Crippen LogP contribution in [0.1, 0.15) is 17.4 Å². The van der Waals surface area contributed by atoms with Crippen LogP contribution >= 0.6 is 15.9 Å². The number of methoxy groups -OCH3 is 1. The first-order chi connectivity index (χ1) is 7.10. The maximum absolute atomic E-state index is 11.2. The molecule has 0 aliphatic rings. The molecule has 6 heteroatoms. The Hall–Kier alpha value is -1.17. The molecule has 82 valence electrons. The first kappa shape index (κ1) is 11.9. The molecule has 0 aliphatic carbocycles. The molecular weight excluding hydrogens is 262 g/mol. The molecule has 0 spiro atoms. The predicted molar refractivity (Wildman–Crippen MR) is 60.0 cm³/mol. The van der Waals surface area contributed by atoms with Crippen LogP contribution in [-0.2, 0) is 4.74 Å². The summed E-state index contributed by atoms with van der Waals surface area (Å²) in [5.41, 5.74) is 0.192. The van der Waals surface area contributed by atoms with Gasteiger partial charge < -0.3 is 9.64 Å². The number of ether oxygens (including phenoxy) is 1. The van der Waals surface area contributed by atoms with Crippen molar-refractivity contribution in [1.29, 1.82) is 0 Å². The zero-order valence-electron chi connectivity index (χ0n) is 8.82. The van der Waals surface area contributed by atoms with Gasteiger partial charge in [0.1, 0.15) is 4.60 Å². The van der Waals surface area contributed by atoms with Gasteiger partial charge in [0, 0.05) is 13.6 Å². The van der Waals surface area contributed by atoms with Crippen LogP contribution < -0.4 is 4.90 Å². The molecule has 0 fully saturated rings. The second-order valence-electron chi connectivity index (χ2n) is 2.88. The minimum Gasteiger partial charge on any atom is -0.464 e. The van der Waals surface area contributed by atoms with Crippen LogP contribution in [0.25, 0.3) is 0 Å². The van der Waals surface area contributed by atoms with Gasteiger partial charge in [-0.1, -0.05) is 0 Å². The number of hydrogen-bond donors (Lipinski definition) is 0. The van der Waals surface area contributed by atoms with Gasteiger partial charge in [-0.05, 0) is 22.9 Å². The van der Waals surface area contributed by atoms with E-state index in [0.717, 1.165) is 6.54 Å². The van der Waals surface area contributed by atoms with Gasteiger partial charge in [-0.25, -0.2) is 14.8 Å². The summed E-state index contributed by atoms with van der Waals surface area (Å²) in [6.45, 7) is 2.81. The van der Waals surface area contributed by atoms with Crippen molar-refractivity contribution in [3.8, 4) is 0 Å². The Balaban J connectivity index is 3.03. The quantitative estimate of drug-likeness (QED) is 0.781. The summed E-state index contributed by atoms with van der Waals surface area (Å²) in [6.07, 6.45) is 1.40. The van der Waals surface area contributed by atoms with Gasteiger partial charge in [-0.15, -0.1) is 0 Å². The first-order valence-corrected chi connectivity index (χ1v) is 5.21. The van der Waals surface area contributed by atoms with Gasteiger partial charge in [0.15, 0.2) is 11.5 Å². The van der Waals surface area contributed by atoms with Crippen molar-refractivity contribution in [2.45, 2.75) is 6.92 Å². The fourth-order valence-corrected chi connectivity index (χ4v) is 1.57. The summed E-state index contributed by atoms with van der Waals surface area (Å²) in [4.78, 5) is 21.3. The van der Waals surface area contributed by atoms with E-state index in [-0.39, 0.29) is 5.69 Å². The number of aromatic nitrogens is 2. The summed E-state index contributed by atoms with van der Waals surface area (Å²) in [6, 6.07) is 0. The van der Waals surface area contributed by atoms with Crippen LogP contribution in [0.2, 0.25) is 0 Å². The van der Waals surface area contributed by atoms with E-state index in [1.165, 1.54) is 13.3 Å². The molecule has 0 amide bonds. The number of anilines is 1. The second-order valence-corrected chi connectivity index (χ2v) is 3.63. The van der Waals surface area contributed by atoms with E-state index in [1.807, 2.05) is 18.9 Å². The van der Waals surface area contributed by atoms with Crippen molar-refractivity contribution in [3.05, 3.63) is 16.5 Å². The van der Waals surface area contributed by atoms with E-state index in [0.29, 0.717) is 10.4 Å². The Bertz CT molecular complexity index is 370. The summed E-state index contributed by atoms with van der Waals surface area (Å²) in [7, 11) is 3.20. The van der Waals surface area contributed by atoms with Crippen LogP contribution in [0, 0.1) is 0 Å². The van der Waals surface area contributed by atoms with E-state index < -0.39 is 5.97 Å². The molecule has 0 N–H and O–H groups in total. The first-order valence-electron chi connectivity index (χ1n) is 4.42. The number of nitrogens with zero attached hydrogens (tertiary/aromatic N) is 3. The molecule has 0 aromatic carbocycles. The van der Waals surface area contributed by atoms with Crippen molar-refractivity contribution in [2.24, 2.45) is 0 Å². The summed E-state index contributed by atoms with van der Waals surface area (Å²) in [5.74, 6) is 0.207. The average Bonchev–Trinajstić information content (AvgIpc) is 2.26. The molecule has 0 radical (unpaired) electrons. The summed E-state index contributed by atoms with van der Waals surface area (Å²) >= 11 is 3.26. The topological polar surface area (TPSA) is 55.3 Å². The Morgan fingerprint density at radius 1 is 1.67 bits per heavy atom. The Morgan fingerprint density at radius 3 is 2.80 bits per heavy atom. The lowest BCUT2D eigenvalue weighted by Gasteiger charge is -2.16. The normalized spacial score (nSPS) is 9.87. The third kappa shape index (κ3) is 2.65. The van der Waals surface area contributed by atoms with Crippen molar-refractivity contribution in [3.63, 3.8) is 0 Å². The van der Waals surface area contributed by atoms with Crippen molar-refractivity contribution in [2.75, 3.05) is 25.6 Å². The molecular formula is C9H12BrN3O2. The highest BCUT2D eigenvalue weighted by atomic mass is 79.9. The van der Waals surface area contributed by atoms with Crippen molar-refractivity contribution in [1.82, 2.24) is 9.97 Å². The van der Waals surface area contributed by atoms with Crippen LogP contribution in [0.5, 0.6) is 0 Å². The highest BCUT2D eigenvalue weighted by molar-refractivity contribution is 9.10. The summed E-state index contributed by atoms with van der Waals surface area (Å²) < 4.78 is 5.08. The predicted octanol–water partition coefficient (Wildman–Crippen LogP) is 1.48. The number of hydrogen-bond acceptors (Lipinski definition) is 5. The van der Waals surface area contributed by atoms with E-state index in [9.17, 15) is 4.79 Å². The van der Waals surface area contributed by atoms with Gasteiger partial charge in [0.05, 0.1) is 13.3 Å². The molecule has 0 aliphatic heterocycles. The number of carbonyl (C=O) groups is 1. The Kier molecular flexibility index (Phi) is 4.02. The highest BCUT2D eigenvalue weighted by Gasteiger charge is 2.13. The third-order valence-electron chi connectivity index (χ3n) is 1.94. The monoisotopic (exact) mass is 273 g/mol. The number of rotatable bonds is 3. The average molecular weight is 274 g/mol. The van der Waals surface area contributed by atoms with Gasteiger partial charge in [-0.2, -0.15) is 0 Å². The lowest BCUT2D eigenvalue weighted by atomic mass is 10.4. The zero-order valence-corrected chi connectivity index (χ0v) is 10.4. The van der Waals surface area contributed by atoms with Crippen LogP contribution in [-0.4, -0.2) is 36.6 Å². The van der Waals surface area contributed by atoms with Gasteiger partial charge in [0.2, 0.25) is 0 Å². The van der Waals surface area contributed by atoms with Crippen LogP contribution in [0.15, 0.2) is 10.8 Å². The van der Waals surface area contributed by atoms with Gasteiger partial charge >= 0.3 is 5.97 Å². The third-order valence-corrected chi connectivity index (χ3v) is 2.47. The fraction of sp³-hybridized carbons (Fsp3) is 0.444. The van der Waals surface area contributed by atoms with E-state index in [1.54, 1.807) is 0 Å². The minimum atomic E-state index is -0.492. The number of esters is 1.